The average molecular weight is 432 g/mol. The number of hydrogen-bond donors (Lipinski definition) is 1. The molecule has 29 heavy (non-hydrogen) atoms. The third-order valence-corrected chi connectivity index (χ3v) is 7.38. The molecular formula is C20H21N3O4S2. The number of anilines is 1. The van der Waals surface area contributed by atoms with Gasteiger partial charge in [0.05, 0.1) is 32.8 Å². The normalized spacial score (nSPS) is 20.6. The van der Waals surface area contributed by atoms with E-state index in [9.17, 15) is 13.2 Å². The van der Waals surface area contributed by atoms with Crippen LogP contribution in [-0.4, -0.2) is 48.9 Å². The molecule has 4 rings (SSSR count). The lowest BCUT2D eigenvalue weighted by Crippen LogP contribution is -2.48. The molecule has 0 aliphatic carbocycles. The number of fused-ring (bicyclic) bond motifs is 1. The first-order valence-electron chi connectivity index (χ1n) is 9.23. The van der Waals surface area contributed by atoms with E-state index in [-0.39, 0.29) is 23.0 Å². The molecule has 1 aliphatic heterocycles. The highest BCUT2D eigenvalue weighted by Gasteiger charge is 2.32. The Hall–Kier alpha value is -2.33. The molecule has 2 aromatic carbocycles. The molecule has 7 nitrogen and oxygen atoms in total. The molecule has 2 heterocycles. The van der Waals surface area contributed by atoms with Crippen molar-refractivity contribution in [2.45, 2.75) is 31.0 Å². The Balaban J connectivity index is 1.50. The maximum atomic E-state index is 12.9. The molecule has 0 saturated carbocycles. The summed E-state index contributed by atoms with van der Waals surface area (Å²) in [6.45, 7) is 4.34. The number of morpholine rings is 1. The van der Waals surface area contributed by atoms with Crippen molar-refractivity contribution in [1.82, 2.24) is 9.29 Å². The van der Waals surface area contributed by atoms with Gasteiger partial charge in [-0.15, -0.1) is 11.3 Å². The van der Waals surface area contributed by atoms with E-state index in [1.807, 2.05) is 32.0 Å². The molecule has 0 bridgehead atoms. The highest BCUT2D eigenvalue weighted by molar-refractivity contribution is 7.89. The van der Waals surface area contributed by atoms with Crippen LogP contribution >= 0.6 is 11.3 Å². The number of hydrogen-bond acceptors (Lipinski definition) is 6. The first kappa shape index (κ1) is 20.0. The average Bonchev–Trinajstić information content (AvgIpc) is 3.15. The number of amides is 1. The van der Waals surface area contributed by atoms with E-state index in [0.29, 0.717) is 24.3 Å². The summed E-state index contributed by atoms with van der Waals surface area (Å²) >= 11 is 1.53. The molecule has 3 aromatic rings. The second-order valence-corrected chi connectivity index (χ2v) is 9.92. The van der Waals surface area contributed by atoms with Gasteiger partial charge in [0.25, 0.3) is 5.91 Å². The summed E-state index contributed by atoms with van der Waals surface area (Å²) in [6, 6.07) is 11.5. The predicted octanol–water partition coefficient (Wildman–Crippen LogP) is 3.35. The molecule has 1 fully saturated rings. The van der Waals surface area contributed by atoms with Crippen LogP contribution in [0.1, 0.15) is 24.2 Å². The van der Waals surface area contributed by atoms with E-state index >= 15 is 0 Å². The number of carbonyl (C=O) groups excluding carboxylic acids is 1. The number of rotatable bonds is 4. The standard InChI is InChI=1S/C20H21N3O4S2/c1-13-10-23(11-14(2)27-13)29(25,26)17-6-3-15(4-7-17)20(24)22-16-5-8-19-18(9-16)21-12-28-19/h3-9,12-14H,10-11H2,1-2H3,(H,22,24)/t13-,14-/m0/s1. The van der Waals surface area contributed by atoms with Crippen molar-refractivity contribution >= 4 is 43.2 Å². The number of nitrogens with zero attached hydrogens (tertiary/aromatic N) is 2. The Kier molecular flexibility index (Phi) is 5.39. The van der Waals surface area contributed by atoms with Gasteiger partial charge in [-0.3, -0.25) is 4.79 Å². The molecule has 1 N–H and O–H groups in total. The van der Waals surface area contributed by atoms with Crippen LogP contribution < -0.4 is 5.32 Å². The van der Waals surface area contributed by atoms with Crippen molar-refractivity contribution in [3.8, 4) is 0 Å². The summed E-state index contributed by atoms with van der Waals surface area (Å²) in [5, 5.41) is 2.82. The van der Waals surface area contributed by atoms with Gasteiger partial charge in [-0.05, 0) is 56.3 Å². The zero-order valence-electron chi connectivity index (χ0n) is 16.0. The SMILES string of the molecule is C[C@H]1CN(S(=O)(=O)c2ccc(C(=O)Nc3ccc4scnc4c3)cc2)C[C@H](C)O1. The minimum Gasteiger partial charge on any atom is -0.373 e. The second-order valence-electron chi connectivity index (χ2n) is 7.09. The number of aromatic nitrogens is 1. The topological polar surface area (TPSA) is 88.6 Å². The van der Waals surface area contributed by atoms with Crippen molar-refractivity contribution in [2.24, 2.45) is 0 Å². The van der Waals surface area contributed by atoms with Crippen molar-refractivity contribution < 1.29 is 17.9 Å². The van der Waals surface area contributed by atoms with Gasteiger partial charge in [0, 0.05) is 24.3 Å². The van der Waals surface area contributed by atoms with Gasteiger partial charge in [0.1, 0.15) is 0 Å². The van der Waals surface area contributed by atoms with E-state index in [0.717, 1.165) is 10.2 Å². The molecule has 1 amide bonds. The van der Waals surface area contributed by atoms with Crippen molar-refractivity contribution in [2.75, 3.05) is 18.4 Å². The maximum absolute atomic E-state index is 12.9. The van der Waals surface area contributed by atoms with E-state index in [1.54, 1.807) is 5.51 Å². The fourth-order valence-corrected chi connectivity index (χ4v) is 5.64. The van der Waals surface area contributed by atoms with E-state index in [1.165, 1.54) is 39.9 Å². The second kappa shape index (κ2) is 7.83. The maximum Gasteiger partial charge on any atom is 0.255 e. The Bertz CT molecular complexity index is 1130. The van der Waals surface area contributed by atoms with Crippen LogP contribution in [0.25, 0.3) is 10.2 Å². The molecule has 0 radical (unpaired) electrons. The number of thiazole rings is 1. The van der Waals surface area contributed by atoms with Gasteiger partial charge in [-0.25, -0.2) is 13.4 Å². The Morgan fingerprint density at radius 3 is 2.52 bits per heavy atom. The van der Waals surface area contributed by atoms with Crippen LogP contribution in [-0.2, 0) is 14.8 Å². The molecular weight excluding hydrogens is 410 g/mol. The van der Waals surface area contributed by atoms with Crippen LogP contribution in [0.3, 0.4) is 0 Å². The summed E-state index contributed by atoms with van der Waals surface area (Å²) in [6.07, 6.45) is -0.317. The Morgan fingerprint density at radius 1 is 1.14 bits per heavy atom. The summed E-state index contributed by atoms with van der Waals surface area (Å²) in [7, 11) is -3.63. The smallest absolute Gasteiger partial charge is 0.255 e. The minimum atomic E-state index is -3.63. The van der Waals surface area contributed by atoms with Gasteiger partial charge in [-0.2, -0.15) is 4.31 Å². The van der Waals surface area contributed by atoms with Gasteiger partial charge in [-0.1, -0.05) is 0 Å². The van der Waals surface area contributed by atoms with Crippen LogP contribution in [0, 0.1) is 0 Å². The molecule has 1 aliphatic rings. The molecule has 1 saturated heterocycles. The molecule has 9 heteroatoms. The van der Waals surface area contributed by atoms with Crippen molar-refractivity contribution in [1.29, 1.82) is 0 Å². The number of carbonyl (C=O) groups is 1. The highest BCUT2D eigenvalue weighted by Crippen LogP contribution is 2.23. The largest absolute Gasteiger partial charge is 0.373 e. The first-order chi connectivity index (χ1) is 13.8. The third-order valence-electron chi connectivity index (χ3n) is 4.73. The van der Waals surface area contributed by atoms with Crippen LogP contribution in [0.2, 0.25) is 0 Å². The van der Waals surface area contributed by atoms with Gasteiger partial charge < -0.3 is 10.1 Å². The zero-order valence-corrected chi connectivity index (χ0v) is 17.7. The third kappa shape index (κ3) is 4.18. The fraction of sp³-hybridized carbons (Fsp3) is 0.300. The van der Waals surface area contributed by atoms with Crippen LogP contribution in [0.5, 0.6) is 0 Å². The van der Waals surface area contributed by atoms with Gasteiger partial charge in [0.2, 0.25) is 10.0 Å². The van der Waals surface area contributed by atoms with Crippen LogP contribution in [0.4, 0.5) is 5.69 Å². The quantitative estimate of drug-likeness (QED) is 0.684. The van der Waals surface area contributed by atoms with Crippen molar-refractivity contribution in [3.05, 3.63) is 53.5 Å². The Morgan fingerprint density at radius 2 is 1.83 bits per heavy atom. The zero-order chi connectivity index (χ0) is 20.6. The Labute approximate surface area is 173 Å². The van der Waals surface area contributed by atoms with E-state index < -0.39 is 10.0 Å². The molecule has 0 unspecified atom stereocenters. The summed E-state index contributed by atoms with van der Waals surface area (Å²) < 4.78 is 33.9. The lowest BCUT2D eigenvalue weighted by molar-refractivity contribution is -0.0440. The van der Waals surface area contributed by atoms with Crippen molar-refractivity contribution in [3.63, 3.8) is 0 Å². The van der Waals surface area contributed by atoms with Gasteiger partial charge in [0.15, 0.2) is 0 Å². The van der Waals surface area contributed by atoms with E-state index in [4.69, 9.17) is 4.74 Å². The lowest BCUT2D eigenvalue weighted by atomic mass is 10.2. The summed E-state index contributed by atoms with van der Waals surface area (Å²) in [5.41, 5.74) is 3.60. The predicted molar refractivity (Wildman–Crippen MR) is 113 cm³/mol. The summed E-state index contributed by atoms with van der Waals surface area (Å²) in [5.74, 6) is -0.308. The van der Waals surface area contributed by atoms with Gasteiger partial charge >= 0.3 is 0 Å². The lowest BCUT2D eigenvalue weighted by Gasteiger charge is -2.34. The van der Waals surface area contributed by atoms with Crippen LogP contribution in [0.15, 0.2) is 52.9 Å². The fourth-order valence-electron chi connectivity index (χ4n) is 3.39. The number of benzene rings is 2. The monoisotopic (exact) mass is 431 g/mol. The molecule has 0 spiro atoms. The molecule has 1 aromatic heterocycles. The highest BCUT2D eigenvalue weighted by atomic mass is 32.2. The summed E-state index contributed by atoms with van der Waals surface area (Å²) in [4.78, 5) is 16.9. The minimum absolute atomic E-state index is 0.159. The molecule has 152 valence electrons. The number of sulfonamides is 1. The van der Waals surface area contributed by atoms with E-state index in [2.05, 4.69) is 10.3 Å². The first-order valence-corrected chi connectivity index (χ1v) is 11.5. The number of nitrogens with one attached hydrogen (secondary N) is 1. The number of ether oxygens (including phenoxy) is 1. The molecule has 2 atom stereocenters.